The molecule has 1 heterocycles. The molecule has 0 aliphatic heterocycles. The van der Waals surface area contributed by atoms with Crippen LogP contribution in [0.1, 0.15) is 39.6 Å². The number of nitrogens with zero attached hydrogens (tertiary/aromatic N) is 2. The molecule has 1 aromatic carbocycles. The molecule has 1 unspecified atom stereocenters. The second kappa shape index (κ2) is 4.98. The third-order valence-electron chi connectivity index (χ3n) is 3.65. The van der Waals surface area contributed by atoms with Crippen molar-refractivity contribution in [2.24, 2.45) is 0 Å². The minimum atomic E-state index is 0.105. The van der Waals surface area contributed by atoms with E-state index in [1.54, 1.807) is 0 Å². The van der Waals surface area contributed by atoms with E-state index in [1.165, 1.54) is 0 Å². The number of aryl methyl sites for hydroxylation is 1. The number of ketones is 1. The summed E-state index contributed by atoms with van der Waals surface area (Å²) < 4.78 is 1.02. The van der Waals surface area contributed by atoms with Crippen molar-refractivity contribution in [2.45, 2.75) is 25.7 Å². The van der Waals surface area contributed by atoms with Crippen molar-refractivity contribution in [3.05, 3.63) is 51.3 Å². The first kappa shape index (κ1) is 13.2. The number of benzene rings is 1. The van der Waals surface area contributed by atoms with Crippen molar-refractivity contribution < 1.29 is 4.79 Å². The molecular weight excluding hydrogens is 318 g/mol. The number of halogens is 1. The van der Waals surface area contributed by atoms with Gasteiger partial charge in [0.2, 0.25) is 5.95 Å². The van der Waals surface area contributed by atoms with Gasteiger partial charge in [0.25, 0.3) is 0 Å². The van der Waals surface area contributed by atoms with Gasteiger partial charge in [-0.05, 0) is 37.0 Å². The SMILES string of the molecule is Cc1nc(N)nc2c1C(=O)CC(c1cccc(Br)c1)C2. The third kappa shape index (κ3) is 2.33. The summed E-state index contributed by atoms with van der Waals surface area (Å²) in [7, 11) is 0. The van der Waals surface area contributed by atoms with Gasteiger partial charge >= 0.3 is 0 Å². The van der Waals surface area contributed by atoms with E-state index in [2.05, 4.69) is 32.0 Å². The van der Waals surface area contributed by atoms with Crippen LogP contribution in [0.3, 0.4) is 0 Å². The predicted molar refractivity (Wildman–Crippen MR) is 80.7 cm³/mol. The second-order valence-electron chi connectivity index (χ2n) is 5.07. The highest BCUT2D eigenvalue weighted by Crippen LogP contribution is 2.33. The summed E-state index contributed by atoms with van der Waals surface area (Å²) in [6, 6.07) is 8.07. The molecule has 1 atom stereocenters. The number of fused-ring (bicyclic) bond motifs is 1. The number of hydrogen-bond acceptors (Lipinski definition) is 4. The van der Waals surface area contributed by atoms with Crippen LogP contribution in [0.15, 0.2) is 28.7 Å². The molecule has 102 valence electrons. The number of nitrogen functional groups attached to an aromatic ring is 1. The molecule has 0 radical (unpaired) electrons. The number of Topliss-reactive ketones (excluding diaryl/α,β-unsaturated/α-hetero) is 1. The summed E-state index contributed by atoms with van der Waals surface area (Å²) >= 11 is 3.47. The molecule has 0 fully saturated rings. The second-order valence-corrected chi connectivity index (χ2v) is 5.99. The Kier molecular flexibility index (Phi) is 3.30. The number of carbonyl (C=O) groups is 1. The summed E-state index contributed by atoms with van der Waals surface area (Å²) in [5.74, 6) is 0.499. The largest absolute Gasteiger partial charge is 0.368 e. The molecule has 1 aromatic heterocycles. The summed E-state index contributed by atoms with van der Waals surface area (Å²) in [5, 5.41) is 0. The van der Waals surface area contributed by atoms with Gasteiger partial charge < -0.3 is 5.73 Å². The quantitative estimate of drug-likeness (QED) is 0.871. The van der Waals surface area contributed by atoms with Crippen molar-refractivity contribution in [2.75, 3.05) is 5.73 Å². The molecule has 20 heavy (non-hydrogen) atoms. The van der Waals surface area contributed by atoms with Gasteiger partial charge in [0.15, 0.2) is 5.78 Å². The lowest BCUT2D eigenvalue weighted by atomic mass is 9.81. The molecule has 2 aromatic rings. The summed E-state index contributed by atoms with van der Waals surface area (Å²) in [4.78, 5) is 20.7. The van der Waals surface area contributed by atoms with E-state index in [0.717, 1.165) is 22.2 Å². The molecule has 0 saturated carbocycles. The smallest absolute Gasteiger partial charge is 0.220 e. The highest BCUT2D eigenvalue weighted by molar-refractivity contribution is 9.10. The minimum Gasteiger partial charge on any atom is -0.368 e. The van der Waals surface area contributed by atoms with Crippen molar-refractivity contribution in [1.29, 1.82) is 0 Å². The van der Waals surface area contributed by atoms with Gasteiger partial charge in [-0.3, -0.25) is 4.79 Å². The van der Waals surface area contributed by atoms with Gasteiger partial charge in [0, 0.05) is 10.9 Å². The zero-order chi connectivity index (χ0) is 14.3. The van der Waals surface area contributed by atoms with Crippen LogP contribution in [0.4, 0.5) is 5.95 Å². The van der Waals surface area contributed by atoms with Crippen LogP contribution in [-0.2, 0) is 6.42 Å². The van der Waals surface area contributed by atoms with Crippen LogP contribution in [0.2, 0.25) is 0 Å². The number of carbonyl (C=O) groups excluding carboxylic acids is 1. The maximum absolute atomic E-state index is 12.4. The van der Waals surface area contributed by atoms with E-state index in [4.69, 9.17) is 5.73 Å². The maximum atomic E-state index is 12.4. The summed E-state index contributed by atoms with van der Waals surface area (Å²) in [5.41, 5.74) is 8.96. The first-order chi connectivity index (χ1) is 9.54. The zero-order valence-electron chi connectivity index (χ0n) is 11.1. The Balaban J connectivity index is 2.02. The Morgan fingerprint density at radius 2 is 2.10 bits per heavy atom. The fraction of sp³-hybridized carbons (Fsp3) is 0.267. The van der Waals surface area contributed by atoms with E-state index >= 15 is 0 Å². The lowest BCUT2D eigenvalue weighted by molar-refractivity contribution is 0.0962. The normalized spacial score (nSPS) is 17.9. The Bertz CT molecular complexity index is 700. The van der Waals surface area contributed by atoms with Gasteiger partial charge in [-0.2, -0.15) is 0 Å². The Hall–Kier alpha value is -1.75. The molecule has 5 heteroatoms. The van der Waals surface area contributed by atoms with Crippen LogP contribution in [-0.4, -0.2) is 15.8 Å². The highest BCUT2D eigenvalue weighted by atomic mass is 79.9. The molecule has 0 saturated heterocycles. The average Bonchev–Trinajstić information content (AvgIpc) is 2.37. The standard InChI is InChI=1S/C15H14BrN3O/c1-8-14-12(19-15(17)18-8)6-10(7-13(14)20)9-3-2-4-11(16)5-9/h2-5,10H,6-7H2,1H3,(H2,17,18,19). The van der Waals surface area contributed by atoms with Crippen LogP contribution in [0.25, 0.3) is 0 Å². The zero-order valence-corrected chi connectivity index (χ0v) is 12.6. The first-order valence-corrected chi connectivity index (χ1v) is 7.25. The highest BCUT2D eigenvalue weighted by Gasteiger charge is 2.29. The molecule has 3 rings (SSSR count). The van der Waals surface area contributed by atoms with Gasteiger partial charge in [-0.15, -0.1) is 0 Å². The third-order valence-corrected chi connectivity index (χ3v) is 4.15. The minimum absolute atomic E-state index is 0.105. The number of nitrogens with two attached hydrogens (primary N) is 1. The Morgan fingerprint density at radius 3 is 2.85 bits per heavy atom. The van der Waals surface area contributed by atoms with Gasteiger partial charge in [-0.25, -0.2) is 9.97 Å². The number of aromatic nitrogens is 2. The first-order valence-electron chi connectivity index (χ1n) is 6.46. The van der Waals surface area contributed by atoms with Crippen molar-refractivity contribution >= 4 is 27.7 Å². The van der Waals surface area contributed by atoms with Crippen molar-refractivity contribution in [1.82, 2.24) is 9.97 Å². The molecular formula is C15H14BrN3O. The molecule has 1 aliphatic rings. The molecule has 4 nitrogen and oxygen atoms in total. The number of hydrogen-bond donors (Lipinski definition) is 1. The summed E-state index contributed by atoms with van der Waals surface area (Å²) in [6.07, 6.45) is 1.22. The molecule has 0 amide bonds. The molecule has 0 bridgehead atoms. The predicted octanol–water partition coefficient (Wildman–Crippen LogP) is 3.04. The molecule has 0 spiro atoms. The van der Waals surface area contributed by atoms with E-state index < -0.39 is 0 Å². The van der Waals surface area contributed by atoms with Gasteiger partial charge in [-0.1, -0.05) is 28.1 Å². The van der Waals surface area contributed by atoms with Crippen LogP contribution >= 0.6 is 15.9 Å². The fourth-order valence-corrected chi connectivity index (χ4v) is 3.21. The Labute approximate surface area is 125 Å². The number of anilines is 1. The van der Waals surface area contributed by atoms with Crippen LogP contribution in [0, 0.1) is 6.92 Å². The fourth-order valence-electron chi connectivity index (χ4n) is 2.79. The summed E-state index contributed by atoms with van der Waals surface area (Å²) in [6.45, 7) is 1.81. The van der Waals surface area contributed by atoms with Crippen LogP contribution in [0.5, 0.6) is 0 Å². The Morgan fingerprint density at radius 1 is 1.30 bits per heavy atom. The van der Waals surface area contributed by atoms with E-state index in [-0.39, 0.29) is 17.6 Å². The lowest BCUT2D eigenvalue weighted by Crippen LogP contribution is -2.22. The lowest BCUT2D eigenvalue weighted by Gasteiger charge is -2.24. The monoisotopic (exact) mass is 331 g/mol. The van der Waals surface area contributed by atoms with Gasteiger partial charge in [0.1, 0.15) is 0 Å². The topological polar surface area (TPSA) is 68.9 Å². The van der Waals surface area contributed by atoms with Gasteiger partial charge in [0.05, 0.1) is 17.0 Å². The number of rotatable bonds is 1. The van der Waals surface area contributed by atoms with E-state index in [1.807, 2.05) is 25.1 Å². The molecule has 2 N–H and O–H groups in total. The van der Waals surface area contributed by atoms with Crippen LogP contribution < -0.4 is 5.73 Å². The molecule has 1 aliphatic carbocycles. The van der Waals surface area contributed by atoms with Crippen molar-refractivity contribution in [3.63, 3.8) is 0 Å². The average molecular weight is 332 g/mol. The van der Waals surface area contributed by atoms with E-state index in [9.17, 15) is 4.79 Å². The maximum Gasteiger partial charge on any atom is 0.220 e. The van der Waals surface area contributed by atoms with E-state index in [0.29, 0.717) is 17.7 Å². The van der Waals surface area contributed by atoms with Crippen molar-refractivity contribution in [3.8, 4) is 0 Å².